The number of fused-ring (bicyclic) bond motifs is 1. The van der Waals surface area contributed by atoms with Crippen LogP contribution in [0.5, 0.6) is 0 Å². The Morgan fingerprint density at radius 3 is 2.71 bits per heavy atom. The summed E-state index contributed by atoms with van der Waals surface area (Å²) < 4.78 is 38.6. The van der Waals surface area contributed by atoms with Crippen LogP contribution in [0.15, 0.2) is 24.5 Å². The number of anilines is 2. The van der Waals surface area contributed by atoms with Crippen molar-refractivity contribution in [3.8, 4) is 0 Å². The molecule has 0 saturated carbocycles. The van der Waals surface area contributed by atoms with E-state index in [0.717, 1.165) is 30.5 Å². The minimum Gasteiger partial charge on any atom is -0.310 e. The maximum atomic E-state index is 12.9. The molecule has 110 valence electrons. The van der Waals surface area contributed by atoms with E-state index >= 15 is 0 Å². The lowest BCUT2D eigenvalue weighted by molar-refractivity contribution is -0.137. The zero-order valence-electron chi connectivity index (χ0n) is 10.7. The number of rotatable bonds is 1. The monoisotopic (exact) mass is 314 g/mol. The second-order valence-electron chi connectivity index (χ2n) is 4.65. The Bertz CT molecular complexity index is 675. The highest BCUT2D eigenvalue weighted by molar-refractivity contribution is 6.28. The van der Waals surface area contributed by atoms with Crippen LogP contribution in [0.2, 0.25) is 5.28 Å². The standard InChI is InChI=1S/C13H10ClF3N4/c14-11-18-7-19-12(20-11)21-5-1-2-8-3-4-9(6-10(8)21)13(15,16)17/h3-4,6-7H,1-2,5H2. The van der Waals surface area contributed by atoms with E-state index < -0.39 is 11.7 Å². The quantitative estimate of drug-likeness (QED) is 0.806. The number of aromatic nitrogens is 3. The van der Waals surface area contributed by atoms with Gasteiger partial charge in [-0.3, -0.25) is 0 Å². The number of halogens is 4. The summed E-state index contributed by atoms with van der Waals surface area (Å²) >= 11 is 5.73. The van der Waals surface area contributed by atoms with Gasteiger partial charge in [0, 0.05) is 12.2 Å². The molecule has 3 rings (SSSR count). The normalized spacial score (nSPS) is 15.0. The predicted molar refractivity (Wildman–Crippen MR) is 71.6 cm³/mol. The molecule has 0 fully saturated rings. The van der Waals surface area contributed by atoms with Crippen LogP contribution in [0.3, 0.4) is 0 Å². The maximum Gasteiger partial charge on any atom is 0.416 e. The van der Waals surface area contributed by atoms with Gasteiger partial charge in [0.25, 0.3) is 0 Å². The molecule has 0 saturated heterocycles. The summed E-state index contributed by atoms with van der Waals surface area (Å²) in [4.78, 5) is 13.3. The highest BCUT2D eigenvalue weighted by Gasteiger charge is 2.32. The van der Waals surface area contributed by atoms with Crippen LogP contribution in [0, 0.1) is 0 Å². The zero-order valence-corrected chi connectivity index (χ0v) is 11.5. The summed E-state index contributed by atoms with van der Waals surface area (Å²) in [5, 5.41) is 0.0131. The van der Waals surface area contributed by atoms with Gasteiger partial charge in [0.15, 0.2) is 0 Å². The van der Waals surface area contributed by atoms with Gasteiger partial charge in [0.2, 0.25) is 11.2 Å². The molecule has 0 amide bonds. The lowest BCUT2D eigenvalue weighted by Crippen LogP contribution is -2.27. The van der Waals surface area contributed by atoms with Crippen LogP contribution in [0.4, 0.5) is 24.8 Å². The first-order valence-corrected chi connectivity index (χ1v) is 6.65. The van der Waals surface area contributed by atoms with E-state index in [2.05, 4.69) is 15.0 Å². The van der Waals surface area contributed by atoms with Gasteiger partial charge in [-0.25, -0.2) is 9.97 Å². The van der Waals surface area contributed by atoms with Crippen LogP contribution in [-0.2, 0) is 12.6 Å². The van der Waals surface area contributed by atoms with Crippen LogP contribution >= 0.6 is 11.6 Å². The Balaban J connectivity index is 2.08. The minimum atomic E-state index is -4.38. The van der Waals surface area contributed by atoms with Crippen molar-refractivity contribution in [3.05, 3.63) is 40.9 Å². The van der Waals surface area contributed by atoms with Gasteiger partial charge < -0.3 is 4.90 Å². The first kappa shape index (κ1) is 14.1. The summed E-state index contributed by atoms with van der Waals surface area (Å²) in [6.45, 7) is 0.536. The van der Waals surface area contributed by atoms with Crippen molar-refractivity contribution < 1.29 is 13.2 Å². The van der Waals surface area contributed by atoms with Gasteiger partial charge in [-0.05, 0) is 42.1 Å². The number of nitrogens with zero attached hydrogens (tertiary/aromatic N) is 4. The van der Waals surface area contributed by atoms with Crippen molar-refractivity contribution >= 4 is 23.2 Å². The molecule has 1 aliphatic heterocycles. The molecule has 0 radical (unpaired) electrons. The Labute approximate surface area is 123 Å². The van der Waals surface area contributed by atoms with Gasteiger partial charge in [0.05, 0.1) is 5.56 Å². The maximum absolute atomic E-state index is 12.9. The average molecular weight is 315 g/mol. The van der Waals surface area contributed by atoms with Crippen molar-refractivity contribution in [3.63, 3.8) is 0 Å². The van der Waals surface area contributed by atoms with Gasteiger partial charge in [-0.2, -0.15) is 18.2 Å². The first-order valence-electron chi connectivity index (χ1n) is 6.27. The fourth-order valence-corrected chi connectivity index (χ4v) is 2.48. The molecule has 0 spiro atoms. The Morgan fingerprint density at radius 2 is 2.00 bits per heavy atom. The minimum absolute atomic E-state index is 0.0131. The molecule has 0 aliphatic carbocycles. The molecule has 2 aromatic rings. The van der Waals surface area contributed by atoms with Crippen LogP contribution < -0.4 is 4.90 Å². The molecule has 1 aliphatic rings. The van der Waals surface area contributed by atoms with E-state index in [1.807, 2.05) is 0 Å². The molecule has 4 nitrogen and oxygen atoms in total. The second kappa shape index (κ2) is 5.14. The topological polar surface area (TPSA) is 41.9 Å². The number of hydrogen-bond acceptors (Lipinski definition) is 4. The fraction of sp³-hybridized carbons (Fsp3) is 0.308. The highest BCUT2D eigenvalue weighted by Crippen LogP contribution is 2.37. The lowest BCUT2D eigenvalue weighted by Gasteiger charge is -2.30. The number of alkyl halides is 3. The molecule has 21 heavy (non-hydrogen) atoms. The molecule has 0 unspecified atom stereocenters. The molecule has 0 atom stereocenters. The smallest absolute Gasteiger partial charge is 0.310 e. The van der Waals surface area contributed by atoms with Gasteiger partial charge in [-0.1, -0.05) is 6.07 Å². The first-order chi connectivity index (χ1) is 9.95. The van der Waals surface area contributed by atoms with Gasteiger partial charge >= 0.3 is 6.18 Å². The van der Waals surface area contributed by atoms with Crippen molar-refractivity contribution in [2.24, 2.45) is 0 Å². The van der Waals surface area contributed by atoms with Crippen LogP contribution in [0.1, 0.15) is 17.5 Å². The van der Waals surface area contributed by atoms with Crippen molar-refractivity contribution in [2.75, 3.05) is 11.4 Å². The van der Waals surface area contributed by atoms with E-state index in [4.69, 9.17) is 11.6 Å². The number of hydrogen-bond donors (Lipinski definition) is 0. The number of aryl methyl sites for hydroxylation is 1. The summed E-state index contributed by atoms with van der Waals surface area (Å²) in [6.07, 6.45) is -1.61. The zero-order chi connectivity index (χ0) is 15.0. The molecule has 1 aromatic heterocycles. The molecule has 0 N–H and O–H groups in total. The lowest BCUT2D eigenvalue weighted by atomic mass is 9.99. The van der Waals surface area contributed by atoms with E-state index in [-0.39, 0.29) is 11.2 Å². The SMILES string of the molecule is FC(F)(F)c1ccc2c(c1)N(c1ncnc(Cl)n1)CCC2. The van der Waals surface area contributed by atoms with Crippen molar-refractivity contribution in [2.45, 2.75) is 19.0 Å². The Kier molecular flexibility index (Phi) is 3.44. The van der Waals surface area contributed by atoms with Gasteiger partial charge in [0.1, 0.15) is 6.33 Å². The van der Waals surface area contributed by atoms with Gasteiger partial charge in [-0.15, -0.1) is 0 Å². The molecule has 1 aromatic carbocycles. The summed E-state index contributed by atoms with van der Waals surface area (Å²) in [7, 11) is 0. The molecule has 2 heterocycles. The third kappa shape index (κ3) is 2.78. The average Bonchev–Trinajstić information content (AvgIpc) is 2.45. The highest BCUT2D eigenvalue weighted by atomic mass is 35.5. The molecular formula is C13H10ClF3N4. The van der Waals surface area contributed by atoms with E-state index in [9.17, 15) is 13.2 Å². The van der Waals surface area contributed by atoms with E-state index in [1.165, 1.54) is 12.4 Å². The summed E-state index contributed by atoms with van der Waals surface area (Å²) in [6, 6.07) is 3.74. The largest absolute Gasteiger partial charge is 0.416 e. The summed E-state index contributed by atoms with van der Waals surface area (Å²) in [5.74, 6) is 0.260. The predicted octanol–water partition coefficient (Wildman–Crippen LogP) is 3.63. The summed E-state index contributed by atoms with van der Waals surface area (Å²) in [5.41, 5.74) is 0.623. The van der Waals surface area contributed by atoms with Crippen LogP contribution in [0.25, 0.3) is 0 Å². The van der Waals surface area contributed by atoms with E-state index in [0.29, 0.717) is 12.2 Å². The Hall–Kier alpha value is -1.89. The fourth-order valence-electron chi connectivity index (χ4n) is 2.36. The molecule has 8 heteroatoms. The third-order valence-electron chi connectivity index (χ3n) is 3.30. The number of benzene rings is 1. The van der Waals surface area contributed by atoms with Crippen LogP contribution in [-0.4, -0.2) is 21.5 Å². The second-order valence-corrected chi connectivity index (χ2v) is 4.99. The van der Waals surface area contributed by atoms with Crippen molar-refractivity contribution in [1.29, 1.82) is 0 Å². The third-order valence-corrected chi connectivity index (χ3v) is 3.48. The molecule has 0 bridgehead atoms. The van der Waals surface area contributed by atoms with Crippen molar-refractivity contribution in [1.82, 2.24) is 15.0 Å². The van der Waals surface area contributed by atoms with E-state index in [1.54, 1.807) is 4.90 Å². The molecular weight excluding hydrogens is 305 g/mol. The Morgan fingerprint density at radius 1 is 1.19 bits per heavy atom.